The topological polar surface area (TPSA) is 51.5 Å². The highest BCUT2D eigenvalue weighted by Crippen LogP contribution is 2.46. The van der Waals surface area contributed by atoms with Crippen LogP contribution in [0, 0.1) is 18.7 Å². The summed E-state index contributed by atoms with van der Waals surface area (Å²) in [5.41, 5.74) is 5.47. The molecule has 3 aromatic rings. The highest BCUT2D eigenvalue weighted by molar-refractivity contribution is 5.88. The Morgan fingerprint density at radius 1 is 0.971 bits per heavy atom. The monoisotopic (exact) mass is 465 g/mol. The Bertz CT molecular complexity index is 1140. The van der Waals surface area contributed by atoms with Gasteiger partial charge in [-0.05, 0) is 86.8 Å². The summed E-state index contributed by atoms with van der Waals surface area (Å²) in [6, 6.07) is 13.9. The number of fused-ring (bicyclic) bond motifs is 1. The number of benzene rings is 2. The zero-order valence-corrected chi connectivity index (χ0v) is 20.5. The number of carboxylic acids is 1. The molecule has 0 spiro atoms. The Balaban J connectivity index is 0.00000133. The lowest BCUT2D eigenvalue weighted by atomic mass is 9.76. The number of halogens is 1. The van der Waals surface area contributed by atoms with Crippen LogP contribution in [0.1, 0.15) is 81.0 Å². The first kappa shape index (κ1) is 24.5. The lowest BCUT2D eigenvalue weighted by Crippen LogP contribution is -2.23. The van der Waals surface area contributed by atoms with E-state index in [1.165, 1.54) is 16.6 Å². The van der Waals surface area contributed by atoms with Gasteiger partial charge < -0.3 is 14.4 Å². The van der Waals surface area contributed by atoms with Gasteiger partial charge in [-0.25, -0.2) is 4.39 Å². The molecule has 182 valence electrons. The van der Waals surface area contributed by atoms with E-state index in [1.54, 1.807) is 6.07 Å². The molecule has 1 saturated carbocycles. The molecule has 0 bridgehead atoms. The molecule has 1 aliphatic heterocycles. The minimum absolute atomic E-state index is 0.190. The first-order valence-electron chi connectivity index (χ1n) is 12.7. The fourth-order valence-electron chi connectivity index (χ4n) is 5.76. The highest BCUT2D eigenvalue weighted by atomic mass is 19.1. The number of hydrogen-bond acceptors (Lipinski definition) is 2. The van der Waals surface area contributed by atoms with Gasteiger partial charge in [-0.1, -0.05) is 32.0 Å². The maximum absolute atomic E-state index is 14.1. The fourth-order valence-corrected chi connectivity index (χ4v) is 5.76. The van der Waals surface area contributed by atoms with Crippen LogP contribution in [0.2, 0.25) is 0 Å². The van der Waals surface area contributed by atoms with Gasteiger partial charge in [0.25, 0.3) is 0 Å². The predicted molar refractivity (Wildman–Crippen MR) is 134 cm³/mol. The Morgan fingerprint density at radius 3 is 2.29 bits per heavy atom. The van der Waals surface area contributed by atoms with Crippen LogP contribution in [0.4, 0.5) is 4.39 Å². The molecule has 4 nitrogen and oxygen atoms in total. The lowest BCUT2D eigenvalue weighted by Gasteiger charge is -2.31. The minimum Gasteiger partial charge on any atom is -0.481 e. The van der Waals surface area contributed by atoms with Crippen molar-refractivity contribution in [1.29, 1.82) is 0 Å². The van der Waals surface area contributed by atoms with Crippen molar-refractivity contribution < 1.29 is 19.0 Å². The maximum Gasteiger partial charge on any atom is 0.306 e. The lowest BCUT2D eigenvalue weighted by molar-refractivity contribution is -0.142. The minimum atomic E-state index is -0.669. The molecule has 34 heavy (non-hydrogen) atoms. The smallest absolute Gasteiger partial charge is 0.306 e. The van der Waals surface area contributed by atoms with E-state index in [0.29, 0.717) is 17.4 Å². The average Bonchev–Trinajstić information content (AvgIpc) is 3.23. The summed E-state index contributed by atoms with van der Waals surface area (Å²) in [4.78, 5) is 11.5. The molecular weight excluding hydrogens is 429 g/mol. The predicted octanol–water partition coefficient (Wildman–Crippen LogP) is 7.36. The van der Waals surface area contributed by atoms with Gasteiger partial charge in [0.15, 0.2) is 0 Å². The third-order valence-electron chi connectivity index (χ3n) is 7.44. The molecule has 1 N–H and O–H groups in total. The van der Waals surface area contributed by atoms with E-state index in [2.05, 4.69) is 28.8 Å². The molecule has 0 amide bonds. The molecule has 5 heteroatoms. The van der Waals surface area contributed by atoms with Gasteiger partial charge in [0.05, 0.1) is 11.4 Å². The normalized spacial score (nSPS) is 21.2. The molecule has 2 aromatic carbocycles. The van der Waals surface area contributed by atoms with E-state index in [9.17, 15) is 14.3 Å². The summed E-state index contributed by atoms with van der Waals surface area (Å²) in [6.45, 7) is 7.31. The number of aryl methyl sites for hydroxylation is 1. The number of aliphatic carboxylic acids is 1. The van der Waals surface area contributed by atoms with Crippen molar-refractivity contribution in [2.75, 3.05) is 13.2 Å². The Labute approximate surface area is 201 Å². The standard InChI is InChI=1S/C27H30FNO3.C2H6/c1-17-16-21(10-11-23(17)28)29-24-5-3-2-4-22(24)25(26(29)19-12-14-32-15-13-19)18-6-8-20(9-7-18)27(30)31;1-2/h2-5,10-11,16,18-20H,6-9,12-15H2,1H3,(H,30,31);1-2H3. The molecule has 2 heterocycles. The number of ether oxygens (including phenoxy) is 1. The Hall–Kier alpha value is -2.66. The number of aromatic nitrogens is 1. The molecular formula is C29H36FNO3. The number of rotatable bonds is 4. The highest BCUT2D eigenvalue weighted by Gasteiger charge is 2.34. The first-order chi connectivity index (χ1) is 16.5. The van der Waals surface area contributed by atoms with Crippen molar-refractivity contribution in [3.05, 3.63) is 65.1 Å². The van der Waals surface area contributed by atoms with Gasteiger partial charge in [0, 0.05) is 35.9 Å². The quantitative estimate of drug-likeness (QED) is 0.438. The van der Waals surface area contributed by atoms with E-state index in [0.717, 1.165) is 62.9 Å². The Morgan fingerprint density at radius 2 is 1.65 bits per heavy atom. The van der Waals surface area contributed by atoms with Crippen LogP contribution in [-0.2, 0) is 9.53 Å². The second kappa shape index (κ2) is 10.7. The fraction of sp³-hybridized carbons (Fsp3) is 0.483. The van der Waals surface area contributed by atoms with Gasteiger partial charge in [-0.2, -0.15) is 0 Å². The summed E-state index contributed by atoms with van der Waals surface area (Å²) in [6.07, 6.45) is 5.17. The summed E-state index contributed by atoms with van der Waals surface area (Å²) < 4.78 is 22.1. The zero-order chi connectivity index (χ0) is 24.2. The number of carboxylic acid groups (broad SMARTS) is 1. The van der Waals surface area contributed by atoms with E-state index in [4.69, 9.17) is 4.74 Å². The molecule has 1 aliphatic carbocycles. The van der Waals surface area contributed by atoms with Gasteiger partial charge in [-0.3, -0.25) is 4.79 Å². The van der Waals surface area contributed by atoms with Gasteiger partial charge in [0.1, 0.15) is 5.82 Å². The second-order valence-electron chi connectivity index (χ2n) is 9.36. The third-order valence-corrected chi connectivity index (χ3v) is 7.44. The van der Waals surface area contributed by atoms with E-state index < -0.39 is 5.97 Å². The van der Waals surface area contributed by atoms with Gasteiger partial charge in [0.2, 0.25) is 0 Å². The number of nitrogens with zero attached hydrogens (tertiary/aromatic N) is 1. The molecule has 0 unspecified atom stereocenters. The van der Waals surface area contributed by atoms with Crippen LogP contribution in [-0.4, -0.2) is 28.9 Å². The SMILES string of the molecule is CC.Cc1cc(-n2c(C3CCOCC3)c(C3CCC(C(=O)O)CC3)c3ccccc32)ccc1F. The van der Waals surface area contributed by atoms with Crippen molar-refractivity contribution >= 4 is 16.9 Å². The van der Waals surface area contributed by atoms with Crippen LogP contribution >= 0.6 is 0 Å². The molecule has 1 saturated heterocycles. The average molecular weight is 466 g/mol. The van der Waals surface area contributed by atoms with E-state index in [1.807, 2.05) is 32.9 Å². The van der Waals surface area contributed by atoms with Crippen molar-refractivity contribution in [3.8, 4) is 5.69 Å². The summed E-state index contributed by atoms with van der Waals surface area (Å²) in [7, 11) is 0. The first-order valence-corrected chi connectivity index (χ1v) is 12.7. The van der Waals surface area contributed by atoms with Crippen LogP contribution in [0.25, 0.3) is 16.6 Å². The molecule has 5 rings (SSSR count). The van der Waals surface area contributed by atoms with Crippen LogP contribution in [0.15, 0.2) is 42.5 Å². The number of hydrogen-bond donors (Lipinski definition) is 1. The van der Waals surface area contributed by atoms with Crippen molar-refractivity contribution in [2.45, 2.75) is 71.1 Å². The zero-order valence-electron chi connectivity index (χ0n) is 20.5. The summed E-state index contributed by atoms with van der Waals surface area (Å²) in [5.74, 6) is -0.377. The third kappa shape index (κ3) is 4.63. The summed E-state index contributed by atoms with van der Waals surface area (Å²) in [5, 5.41) is 10.7. The van der Waals surface area contributed by atoms with Crippen LogP contribution in [0.3, 0.4) is 0 Å². The van der Waals surface area contributed by atoms with Crippen molar-refractivity contribution in [1.82, 2.24) is 4.57 Å². The van der Waals surface area contributed by atoms with Crippen LogP contribution in [0.5, 0.6) is 0 Å². The van der Waals surface area contributed by atoms with Crippen molar-refractivity contribution in [2.24, 2.45) is 5.92 Å². The van der Waals surface area contributed by atoms with Gasteiger partial charge >= 0.3 is 5.97 Å². The van der Waals surface area contributed by atoms with Gasteiger partial charge in [-0.15, -0.1) is 0 Å². The largest absolute Gasteiger partial charge is 0.481 e. The molecule has 1 aromatic heterocycles. The number of carbonyl (C=O) groups is 1. The molecule has 2 aliphatic rings. The van der Waals surface area contributed by atoms with E-state index in [-0.39, 0.29) is 11.7 Å². The van der Waals surface area contributed by atoms with Crippen LogP contribution < -0.4 is 0 Å². The molecule has 0 radical (unpaired) electrons. The summed E-state index contributed by atoms with van der Waals surface area (Å²) >= 11 is 0. The second-order valence-corrected chi connectivity index (χ2v) is 9.36. The molecule has 0 atom stereocenters. The Kier molecular flexibility index (Phi) is 7.72. The van der Waals surface area contributed by atoms with E-state index >= 15 is 0 Å². The molecule has 2 fully saturated rings. The maximum atomic E-state index is 14.1. The number of para-hydroxylation sites is 1. The van der Waals surface area contributed by atoms with Crippen molar-refractivity contribution in [3.63, 3.8) is 0 Å².